The van der Waals surface area contributed by atoms with Crippen LogP contribution in [0.25, 0.3) is 0 Å². The smallest absolute Gasteiger partial charge is 0.261 e. The molecule has 0 amide bonds. The summed E-state index contributed by atoms with van der Waals surface area (Å²) in [5.74, 6) is 0.823. The number of hydrogen-bond acceptors (Lipinski definition) is 5. The molecule has 0 aliphatic rings. The number of benzene rings is 3. The van der Waals surface area contributed by atoms with Gasteiger partial charge in [-0.05, 0) is 72.8 Å². The second-order valence-electron chi connectivity index (χ2n) is 6.02. The summed E-state index contributed by atoms with van der Waals surface area (Å²) in [6.07, 6.45) is 0. The summed E-state index contributed by atoms with van der Waals surface area (Å²) >= 11 is 5.81. The zero-order chi connectivity index (χ0) is 20.9. The van der Waals surface area contributed by atoms with E-state index in [1.807, 2.05) is 0 Å². The van der Waals surface area contributed by atoms with Gasteiger partial charge in [-0.2, -0.15) is 0 Å². The van der Waals surface area contributed by atoms with Gasteiger partial charge in [0.25, 0.3) is 10.0 Å². The number of anilines is 1. The van der Waals surface area contributed by atoms with Crippen molar-refractivity contribution in [1.29, 1.82) is 0 Å². The second-order valence-corrected chi connectivity index (χ2v) is 8.14. The number of halogens is 1. The molecule has 0 aliphatic carbocycles. The minimum atomic E-state index is -3.73. The van der Waals surface area contributed by atoms with Gasteiger partial charge in [0.15, 0.2) is 12.4 Å². The van der Waals surface area contributed by atoms with Crippen molar-refractivity contribution in [1.82, 2.24) is 0 Å². The highest BCUT2D eigenvalue weighted by Crippen LogP contribution is 2.21. The molecule has 0 spiro atoms. The van der Waals surface area contributed by atoms with E-state index in [2.05, 4.69) is 4.72 Å². The van der Waals surface area contributed by atoms with Gasteiger partial charge in [-0.25, -0.2) is 8.42 Å². The topological polar surface area (TPSA) is 81.7 Å². The van der Waals surface area contributed by atoms with E-state index >= 15 is 0 Å². The van der Waals surface area contributed by atoms with E-state index < -0.39 is 10.0 Å². The molecule has 150 valence electrons. The fourth-order valence-electron chi connectivity index (χ4n) is 2.46. The van der Waals surface area contributed by atoms with E-state index in [4.69, 9.17) is 21.1 Å². The molecule has 29 heavy (non-hydrogen) atoms. The number of sulfonamides is 1. The lowest BCUT2D eigenvalue weighted by atomic mass is 10.1. The maximum atomic E-state index is 12.4. The Bertz CT molecular complexity index is 1080. The molecule has 0 radical (unpaired) electrons. The minimum absolute atomic E-state index is 0.118. The Morgan fingerprint density at radius 2 is 1.48 bits per heavy atom. The molecule has 3 aromatic carbocycles. The van der Waals surface area contributed by atoms with Crippen LogP contribution in [0.4, 0.5) is 5.69 Å². The maximum Gasteiger partial charge on any atom is 0.261 e. The van der Waals surface area contributed by atoms with Gasteiger partial charge < -0.3 is 9.47 Å². The molecule has 3 rings (SSSR count). The molecule has 0 aliphatic heterocycles. The largest absolute Gasteiger partial charge is 0.497 e. The van der Waals surface area contributed by atoms with Crippen LogP contribution in [-0.2, 0) is 10.0 Å². The first kappa shape index (κ1) is 20.7. The molecule has 0 fully saturated rings. The van der Waals surface area contributed by atoms with Crippen LogP contribution < -0.4 is 14.2 Å². The predicted octanol–water partition coefficient (Wildman–Crippen LogP) is 4.41. The van der Waals surface area contributed by atoms with Gasteiger partial charge in [-0.15, -0.1) is 0 Å². The zero-order valence-electron chi connectivity index (χ0n) is 15.5. The van der Waals surface area contributed by atoms with Gasteiger partial charge in [0, 0.05) is 16.3 Å². The number of Topliss-reactive ketones (excluding diaryl/α,β-unsaturated/α-hetero) is 1. The van der Waals surface area contributed by atoms with E-state index in [9.17, 15) is 13.2 Å². The van der Waals surface area contributed by atoms with Crippen LogP contribution in [0.5, 0.6) is 11.5 Å². The highest BCUT2D eigenvalue weighted by Gasteiger charge is 2.14. The average Bonchev–Trinajstić information content (AvgIpc) is 2.73. The molecule has 1 N–H and O–H groups in total. The molecule has 0 saturated carbocycles. The second kappa shape index (κ2) is 8.98. The number of methoxy groups -OCH3 is 1. The molecule has 8 heteroatoms. The van der Waals surface area contributed by atoms with Crippen molar-refractivity contribution >= 4 is 33.1 Å². The van der Waals surface area contributed by atoms with Gasteiger partial charge >= 0.3 is 0 Å². The molecular weight excluding hydrogens is 414 g/mol. The van der Waals surface area contributed by atoms with Crippen LogP contribution in [0.2, 0.25) is 5.02 Å². The van der Waals surface area contributed by atoms with Crippen LogP contribution >= 0.6 is 11.6 Å². The lowest BCUT2D eigenvalue weighted by Crippen LogP contribution is -2.13. The molecule has 0 atom stereocenters. The first-order chi connectivity index (χ1) is 13.9. The van der Waals surface area contributed by atoms with Crippen molar-refractivity contribution in [3.05, 3.63) is 83.4 Å². The molecule has 3 aromatic rings. The third-order valence-corrected chi connectivity index (χ3v) is 5.66. The SMILES string of the molecule is COc1ccc(S(=O)(=O)Nc2ccc(OCC(=O)c3ccc(Cl)cc3)cc2)cc1. The van der Waals surface area contributed by atoms with Crippen molar-refractivity contribution in [2.24, 2.45) is 0 Å². The van der Waals surface area contributed by atoms with Gasteiger partial charge in [-0.1, -0.05) is 11.6 Å². The summed E-state index contributed by atoms with van der Waals surface area (Å²) in [4.78, 5) is 12.2. The highest BCUT2D eigenvalue weighted by molar-refractivity contribution is 7.92. The molecule has 0 unspecified atom stereocenters. The van der Waals surface area contributed by atoms with E-state index in [0.717, 1.165) is 0 Å². The molecule has 6 nitrogen and oxygen atoms in total. The number of ketones is 1. The van der Waals surface area contributed by atoms with Crippen LogP contribution in [0.15, 0.2) is 77.7 Å². The Morgan fingerprint density at radius 3 is 2.07 bits per heavy atom. The van der Waals surface area contributed by atoms with Crippen LogP contribution in [0.3, 0.4) is 0 Å². The highest BCUT2D eigenvalue weighted by atomic mass is 35.5. The summed E-state index contributed by atoms with van der Waals surface area (Å²) in [5.41, 5.74) is 0.871. The van der Waals surface area contributed by atoms with Crippen LogP contribution in [-0.4, -0.2) is 27.9 Å². The monoisotopic (exact) mass is 431 g/mol. The van der Waals surface area contributed by atoms with Crippen molar-refractivity contribution in [2.75, 3.05) is 18.4 Å². The Balaban J connectivity index is 1.60. The van der Waals surface area contributed by atoms with Crippen molar-refractivity contribution in [3.8, 4) is 11.5 Å². The van der Waals surface area contributed by atoms with E-state index in [-0.39, 0.29) is 17.3 Å². The summed E-state index contributed by atoms with van der Waals surface area (Å²) < 4.78 is 37.9. The summed E-state index contributed by atoms with van der Waals surface area (Å²) in [6.45, 7) is -0.140. The molecule has 0 bridgehead atoms. The number of nitrogens with one attached hydrogen (secondary N) is 1. The van der Waals surface area contributed by atoms with Gasteiger partial charge in [0.05, 0.1) is 12.0 Å². The molecule has 0 heterocycles. The summed E-state index contributed by atoms with van der Waals surface area (Å²) in [7, 11) is -2.22. The Kier molecular flexibility index (Phi) is 6.41. The van der Waals surface area contributed by atoms with Gasteiger partial charge in [-0.3, -0.25) is 9.52 Å². The minimum Gasteiger partial charge on any atom is -0.497 e. The molecule has 0 saturated heterocycles. The standard InChI is InChI=1S/C21H18ClNO5S/c1-27-18-10-12-20(13-11-18)29(25,26)23-17-6-8-19(9-7-17)28-14-21(24)15-2-4-16(22)5-3-15/h2-13,23H,14H2,1H3. The number of carbonyl (C=O) groups is 1. The Hall–Kier alpha value is -3.03. The van der Waals surface area contributed by atoms with Crippen molar-refractivity contribution in [3.63, 3.8) is 0 Å². The summed E-state index contributed by atoms with van der Waals surface area (Å²) in [5, 5.41) is 0.551. The number of hydrogen-bond donors (Lipinski definition) is 1. The van der Waals surface area contributed by atoms with E-state index in [1.165, 1.54) is 19.2 Å². The van der Waals surface area contributed by atoms with Crippen molar-refractivity contribution in [2.45, 2.75) is 4.90 Å². The lowest BCUT2D eigenvalue weighted by molar-refractivity contribution is 0.0921. The summed E-state index contributed by atoms with van der Waals surface area (Å²) in [6, 6.07) is 18.9. The lowest BCUT2D eigenvalue weighted by Gasteiger charge is -2.10. The zero-order valence-corrected chi connectivity index (χ0v) is 17.0. The Morgan fingerprint density at radius 1 is 0.897 bits per heavy atom. The van der Waals surface area contributed by atoms with Crippen LogP contribution in [0.1, 0.15) is 10.4 Å². The fraction of sp³-hybridized carbons (Fsp3) is 0.0952. The quantitative estimate of drug-likeness (QED) is 0.534. The van der Waals surface area contributed by atoms with E-state index in [0.29, 0.717) is 27.8 Å². The first-order valence-corrected chi connectivity index (χ1v) is 10.4. The van der Waals surface area contributed by atoms with Crippen molar-refractivity contribution < 1.29 is 22.7 Å². The Labute approximate surface area is 174 Å². The maximum absolute atomic E-state index is 12.4. The van der Waals surface area contributed by atoms with E-state index in [1.54, 1.807) is 60.7 Å². The third-order valence-electron chi connectivity index (χ3n) is 4.01. The number of ether oxygens (including phenoxy) is 2. The van der Waals surface area contributed by atoms with Gasteiger partial charge in [0.2, 0.25) is 0 Å². The number of rotatable bonds is 8. The molecular formula is C21H18ClNO5S. The van der Waals surface area contributed by atoms with Gasteiger partial charge in [0.1, 0.15) is 11.5 Å². The number of carbonyl (C=O) groups excluding carboxylic acids is 1. The predicted molar refractivity (Wildman–Crippen MR) is 112 cm³/mol. The average molecular weight is 432 g/mol. The normalized spacial score (nSPS) is 11.0. The first-order valence-electron chi connectivity index (χ1n) is 8.56. The fourth-order valence-corrected chi connectivity index (χ4v) is 3.64. The molecule has 0 aromatic heterocycles. The van der Waals surface area contributed by atoms with Crippen LogP contribution in [0, 0.1) is 0 Å². The third kappa shape index (κ3) is 5.49.